The van der Waals surface area contributed by atoms with Crippen LogP contribution in [0.4, 0.5) is 0 Å². The molecule has 5 atom stereocenters. The van der Waals surface area contributed by atoms with Gasteiger partial charge in [-0.2, -0.15) is 0 Å². The molecule has 0 spiro atoms. The van der Waals surface area contributed by atoms with E-state index in [1.165, 1.54) is 173 Å². The van der Waals surface area contributed by atoms with Crippen molar-refractivity contribution in [1.82, 2.24) is 0 Å². The van der Waals surface area contributed by atoms with Gasteiger partial charge in [0.25, 0.3) is 0 Å². The van der Waals surface area contributed by atoms with Crippen molar-refractivity contribution in [2.75, 3.05) is 39.6 Å². The molecule has 0 aliphatic carbocycles. The normalized spacial score (nSPS) is 14.2. The van der Waals surface area contributed by atoms with E-state index in [0.717, 1.165) is 77.0 Å². The van der Waals surface area contributed by atoms with Crippen LogP contribution in [-0.2, 0) is 65.4 Å². The number of aliphatic hydroxyl groups excluding tert-OH is 1. The molecule has 0 aromatic carbocycles. The number of hydrogen-bond donors (Lipinski definition) is 3. The molecule has 0 bridgehead atoms. The van der Waals surface area contributed by atoms with Gasteiger partial charge in [-0.3, -0.25) is 37.3 Å². The zero-order valence-corrected chi connectivity index (χ0v) is 54.9. The highest BCUT2D eigenvalue weighted by molar-refractivity contribution is 7.47. The third-order valence-corrected chi connectivity index (χ3v) is 16.8. The minimum absolute atomic E-state index is 0.0905. The number of hydrogen-bond acceptors (Lipinski definition) is 15. The van der Waals surface area contributed by atoms with Gasteiger partial charge in [-0.05, 0) is 25.7 Å². The van der Waals surface area contributed by atoms with Gasteiger partial charge in [0.05, 0.1) is 26.4 Å². The summed E-state index contributed by atoms with van der Waals surface area (Å²) in [6.45, 7) is 4.71. The first-order chi connectivity index (χ1) is 40.2. The minimum atomic E-state index is -4.94. The summed E-state index contributed by atoms with van der Waals surface area (Å²) in [5.41, 5.74) is 0. The molecule has 2 unspecified atom stereocenters. The Morgan fingerprint density at radius 3 is 0.735 bits per heavy atom. The number of esters is 4. The van der Waals surface area contributed by atoms with Crippen LogP contribution in [0, 0.1) is 0 Å². The van der Waals surface area contributed by atoms with E-state index in [4.69, 9.17) is 37.0 Å². The van der Waals surface area contributed by atoms with Gasteiger partial charge in [0.2, 0.25) is 0 Å². The van der Waals surface area contributed by atoms with E-state index in [-0.39, 0.29) is 25.7 Å². The molecule has 17 nitrogen and oxygen atoms in total. The molecule has 0 saturated heterocycles. The Bertz CT molecular complexity index is 1600. The molecule has 0 radical (unpaired) electrons. The molecule has 0 saturated carbocycles. The molecule has 19 heteroatoms. The summed E-state index contributed by atoms with van der Waals surface area (Å²) in [6.07, 6.45) is 45.3. The monoisotopic (exact) mass is 1230 g/mol. The Morgan fingerprint density at radius 1 is 0.289 bits per heavy atom. The van der Waals surface area contributed by atoms with Crippen molar-refractivity contribution in [2.24, 2.45) is 0 Å². The van der Waals surface area contributed by atoms with E-state index in [0.29, 0.717) is 25.7 Å². The number of carbonyl (C=O) groups is 4. The second-order valence-corrected chi connectivity index (χ2v) is 26.1. The number of aliphatic hydroxyl groups is 1. The summed E-state index contributed by atoms with van der Waals surface area (Å²) in [5.74, 6) is -2.15. The van der Waals surface area contributed by atoms with E-state index >= 15 is 0 Å². The van der Waals surface area contributed by atoms with Crippen LogP contribution < -0.4 is 0 Å². The topological polar surface area (TPSA) is 237 Å². The SMILES string of the molecule is CCCCCCCCCCCCCCCCCC(=O)OC[C@H](COP(=O)(O)OC[C@@H](O)COP(=O)(O)OC[C@@H](COC(=O)CCCCCCCCCCCC)OC(=O)CCCCC)OC(=O)CCCCCCCCCCCCCCCCC. The lowest BCUT2D eigenvalue weighted by atomic mass is 10.0. The van der Waals surface area contributed by atoms with Gasteiger partial charge in [-0.15, -0.1) is 0 Å². The second kappa shape index (κ2) is 59.0. The molecule has 0 heterocycles. The average Bonchev–Trinajstić information content (AvgIpc) is 3.46. The molecule has 0 fully saturated rings. The predicted molar refractivity (Wildman–Crippen MR) is 331 cm³/mol. The highest BCUT2D eigenvalue weighted by Gasteiger charge is 2.30. The molecule has 0 aliphatic heterocycles. The lowest BCUT2D eigenvalue weighted by Crippen LogP contribution is -2.30. The molecular formula is C64H124O17P2. The second-order valence-electron chi connectivity index (χ2n) is 23.2. The summed E-state index contributed by atoms with van der Waals surface area (Å²) in [4.78, 5) is 71.7. The van der Waals surface area contributed by atoms with Crippen molar-refractivity contribution < 1.29 is 80.2 Å². The Hall–Kier alpha value is -1.94. The van der Waals surface area contributed by atoms with Gasteiger partial charge in [-0.25, -0.2) is 9.13 Å². The van der Waals surface area contributed by atoms with Crippen LogP contribution in [-0.4, -0.2) is 96.7 Å². The molecule has 0 amide bonds. The average molecular weight is 1230 g/mol. The van der Waals surface area contributed by atoms with Crippen LogP contribution in [0.3, 0.4) is 0 Å². The highest BCUT2D eigenvalue weighted by Crippen LogP contribution is 2.45. The van der Waals surface area contributed by atoms with Crippen LogP contribution in [0.25, 0.3) is 0 Å². The fraction of sp³-hybridized carbons (Fsp3) is 0.938. The third-order valence-electron chi connectivity index (χ3n) is 14.9. The number of ether oxygens (including phenoxy) is 4. The van der Waals surface area contributed by atoms with Crippen molar-refractivity contribution in [3.05, 3.63) is 0 Å². The van der Waals surface area contributed by atoms with Crippen molar-refractivity contribution in [1.29, 1.82) is 0 Å². The summed E-state index contributed by atoms with van der Waals surface area (Å²) >= 11 is 0. The molecule has 0 aromatic rings. The standard InChI is InChI=1S/C64H124O17P2/c1-5-9-13-16-19-22-25-27-29-31-33-36-39-42-46-49-62(67)75-55-60(81-64(69)51-47-43-40-37-34-32-30-28-26-23-20-17-14-10-6-2)57-79-83(72,73)77-53-58(65)52-76-82(70,71)78-56-59(80-63(68)50-44-12-8-4)54-74-61(66)48-45-41-38-35-24-21-18-15-11-7-3/h58-60,65H,5-57H2,1-4H3,(H,70,71)(H,72,73)/t58-,59+,60+/m0/s1. The lowest BCUT2D eigenvalue weighted by molar-refractivity contribution is -0.161. The minimum Gasteiger partial charge on any atom is -0.462 e. The van der Waals surface area contributed by atoms with Crippen LogP contribution in [0.5, 0.6) is 0 Å². The fourth-order valence-electron chi connectivity index (χ4n) is 9.63. The van der Waals surface area contributed by atoms with E-state index in [2.05, 4.69) is 20.8 Å². The zero-order valence-electron chi connectivity index (χ0n) is 53.2. The van der Waals surface area contributed by atoms with Crippen LogP contribution in [0.1, 0.15) is 329 Å². The van der Waals surface area contributed by atoms with Crippen molar-refractivity contribution in [2.45, 2.75) is 348 Å². The largest absolute Gasteiger partial charge is 0.472 e. The number of carbonyl (C=O) groups excluding carboxylic acids is 4. The first kappa shape index (κ1) is 81.1. The first-order valence-corrected chi connectivity index (χ1v) is 36.8. The number of unbranched alkanes of at least 4 members (excludes halogenated alkanes) is 39. The van der Waals surface area contributed by atoms with E-state index in [9.17, 15) is 43.2 Å². The maximum atomic E-state index is 13.0. The Balaban J connectivity index is 5.07. The Kier molecular flexibility index (Phi) is 57.7. The van der Waals surface area contributed by atoms with Gasteiger partial charge in [0.15, 0.2) is 12.2 Å². The van der Waals surface area contributed by atoms with Crippen LogP contribution in [0.2, 0.25) is 0 Å². The van der Waals surface area contributed by atoms with Gasteiger partial charge >= 0.3 is 39.5 Å². The number of phosphoric ester groups is 2. The van der Waals surface area contributed by atoms with E-state index in [1.807, 2.05) is 6.92 Å². The van der Waals surface area contributed by atoms with Gasteiger partial charge in [0.1, 0.15) is 19.3 Å². The smallest absolute Gasteiger partial charge is 0.462 e. The first-order valence-electron chi connectivity index (χ1n) is 33.8. The zero-order chi connectivity index (χ0) is 61.2. The van der Waals surface area contributed by atoms with Crippen molar-refractivity contribution >= 4 is 39.5 Å². The van der Waals surface area contributed by atoms with Crippen molar-refractivity contribution in [3.63, 3.8) is 0 Å². The molecular weight excluding hydrogens is 1100 g/mol. The maximum absolute atomic E-state index is 13.0. The van der Waals surface area contributed by atoms with Gasteiger partial charge in [-0.1, -0.05) is 278 Å². The lowest BCUT2D eigenvalue weighted by Gasteiger charge is -2.21. The van der Waals surface area contributed by atoms with Gasteiger partial charge < -0.3 is 33.8 Å². The van der Waals surface area contributed by atoms with Crippen LogP contribution in [0.15, 0.2) is 0 Å². The van der Waals surface area contributed by atoms with E-state index < -0.39 is 97.5 Å². The number of rotatable bonds is 65. The maximum Gasteiger partial charge on any atom is 0.472 e. The molecule has 0 rings (SSSR count). The quantitative estimate of drug-likeness (QED) is 0.0222. The number of phosphoric acid groups is 2. The Morgan fingerprint density at radius 2 is 0.482 bits per heavy atom. The Labute approximate surface area is 505 Å². The van der Waals surface area contributed by atoms with Gasteiger partial charge in [0, 0.05) is 25.7 Å². The summed E-state index contributed by atoms with van der Waals surface area (Å²) in [5, 5.41) is 10.5. The fourth-order valence-corrected chi connectivity index (χ4v) is 11.2. The molecule has 83 heavy (non-hydrogen) atoms. The summed E-state index contributed by atoms with van der Waals surface area (Å²) < 4.78 is 67.6. The third kappa shape index (κ3) is 58.8. The summed E-state index contributed by atoms with van der Waals surface area (Å²) in [7, 11) is -9.87. The van der Waals surface area contributed by atoms with Crippen LogP contribution >= 0.6 is 15.6 Å². The predicted octanol–water partition coefficient (Wildman–Crippen LogP) is 17.9. The molecule has 0 aliphatic rings. The summed E-state index contributed by atoms with van der Waals surface area (Å²) in [6, 6.07) is 0. The molecule has 3 N–H and O–H groups in total. The van der Waals surface area contributed by atoms with E-state index in [1.54, 1.807) is 0 Å². The molecule has 0 aromatic heterocycles. The van der Waals surface area contributed by atoms with Crippen molar-refractivity contribution in [3.8, 4) is 0 Å². The highest BCUT2D eigenvalue weighted by atomic mass is 31.2. The molecule has 492 valence electrons.